The number of nitrogens with one attached hydrogen (secondary N) is 1. The van der Waals surface area contributed by atoms with Crippen LogP contribution in [0.4, 0.5) is 0 Å². The van der Waals surface area contributed by atoms with Crippen LogP contribution >= 0.6 is 0 Å². The van der Waals surface area contributed by atoms with E-state index in [1.54, 1.807) is 0 Å². The number of fused-ring (bicyclic) bond motifs is 1. The Hall–Kier alpha value is -2.29. The van der Waals surface area contributed by atoms with E-state index in [4.69, 9.17) is 4.74 Å². The molecule has 0 saturated carbocycles. The first-order chi connectivity index (χ1) is 12.1. The van der Waals surface area contributed by atoms with E-state index in [0.717, 1.165) is 30.6 Å². The summed E-state index contributed by atoms with van der Waals surface area (Å²) in [5.74, 6) is 0.714. The highest BCUT2D eigenvalue weighted by Gasteiger charge is 2.30. The van der Waals surface area contributed by atoms with Gasteiger partial charge in [-0.05, 0) is 37.0 Å². The van der Waals surface area contributed by atoms with E-state index < -0.39 is 0 Å². The SMILES string of the molecule is CCC(CC)(CNC(=O)c1cccc2c1OCC2)c1ccc(C)cc1. The molecule has 0 aliphatic carbocycles. The van der Waals surface area contributed by atoms with Crippen LogP contribution in [0.2, 0.25) is 0 Å². The summed E-state index contributed by atoms with van der Waals surface area (Å²) in [4.78, 5) is 12.8. The molecule has 0 atom stereocenters. The molecule has 0 bridgehead atoms. The average Bonchev–Trinajstić information content (AvgIpc) is 3.12. The lowest BCUT2D eigenvalue weighted by Crippen LogP contribution is -2.40. The van der Waals surface area contributed by atoms with E-state index in [0.29, 0.717) is 18.7 Å². The van der Waals surface area contributed by atoms with Gasteiger partial charge in [0.15, 0.2) is 0 Å². The van der Waals surface area contributed by atoms with Crippen LogP contribution in [0, 0.1) is 6.92 Å². The highest BCUT2D eigenvalue weighted by atomic mass is 16.5. The second-order valence-electron chi connectivity index (χ2n) is 6.93. The number of aryl methyl sites for hydroxylation is 1. The second kappa shape index (κ2) is 7.30. The first-order valence-electron chi connectivity index (χ1n) is 9.19. The zero-order valence-corrected chi connectivity index (χ0v) is 15.4. The minimum absolute atomic E-state index is 0.0395. The first kappa shape index (κ1) is 17.5. The van der Waals surface area contributed by atoms with Gasteiger partial charge in [-0.15, -0.1) is 0 Å². The second-order valence-corrected chi connectivity index (χ2v) is 6.93. The van der Waals surface area contributed by atoms with Gasteiger partial charge in [-0.1, -0.05) is 55.8 Å². The van der Waals surface area contributed by atoms with Crippen molar-refractivity contribution >= 4 is 5.91 Å². The summed E-state index contributed by atoms with van der Waals surface area (Å²) in [5.41, 5.74) is 4.29. The predicted molar refractivity (Wildman–Crippen MR) is 101 cm³/mol. The molecule has 0 fully saturated rings. The van der Waals surface area contributed by atoms with Crippen molar-refractivity contribution in [3.05, 3.63) is 64.7 Å². The maximum Gasteiger partial charge on any atom is 0.255 e. The molecule has 1 N–H and O–H groups in total. The molecule has 0 saturated heterocycles. The lowest BCUT2D eigenvalue weighted by Gasteiger charge is -2.33. The van der Waals surface area contributed by atoms with E-state index in [1.165, 1.54) is 11.1 Å². The third kappa shape index (κ3) is 3.41. The third-order valence-corrected chi connectivity index (χ3v) is 5.56. The molecule has 3 heteroatoms. The molecule has 3 rings (SSSR count). The summed E-state index contributed by atoms with van der Waals surface area (Å²) in [6.45, 7) is 7.78. The van der Waals surface area contributed by atoms with Gasteiger partial charge in [-0.3, -0.25) is 4.79 Å². The van der Waals surface area contributed by atoms with Gasteiger partial charge in [0.2, 0.25) is 0 Å². The molecule has 1 amide bonds. The van der Waals surface area contributed by atoms with Gasteiger partial charge in [0.1, 0.15) is 5.75 Å². The largest absolute Gasteiger partial charge is 0.492 e. The van der Waals surface area contributed by atoms with Crippen molar-refractivity contribution in [2.45, 2.75) is 45.4 Å². The van der Waals surface area contributed by atoms with Crippen LogP contribution in [0.3, 0.4) is 0 Å². The van der Waals surface area contributed by atoms with Gasteiger partial charge in [0.05, 0.1) is 12.2 Å². The van der Waals surface area contributed by atoms with Crippen molar-refractivity contribution in [1.29, 1.82) is 0 Å². The van der Waals surface area contributed by atoms with Crippen LogP contribution in [-0.4, -0.2) is 19.1 Å². The Morgan fingerprint density at radius 3 is 2.52 bits per heavy atom. The molecular formula is C22H27NO2. The topological polar surface area (TPSA) is 38.3 Å². The Labute approximate surface area is 150 Å². The summed E-state index contributed by atoms with van der Waals surface area (Å²) >= 11 is 0. The fraction of sp³-hybridized carbons (Fsp3) is 0.409. The van der Waals surface area contributed by atoms with Gasteiger partial charge >= 0.3 is 0 Å². The van der Waals surface area contributed by atoms with Crippen molar-refractivity contribution in [3.63, 3.8) is 0 Å². The van der Waals surface area contributed by atoms with Gasteiger partial charge in [0.25, 0.3) is 5.91 Å². The van der Waals surface area contributed by atoms with E-state index in [9.17, 15) is 4.79 Å². The number of carbonyl (C=O) groups excluding carboxylic acids is 1. The van der Waals surface area contributed by atoms with Crippen LogP contribution in [0.5, 0.6) is 5.75 Å². The number of para-hydroxylation sites is 1. The van der Waals surface area contributed by atoms with Gasteiger partial charge < -0.3 is 10.1 Å². The van der Waals surface area contributed by atoms with Crippen LogP contribution in [-0.2, 0) is 11.8 Å². The summed E-state index contributed by atoms with van der Waals surface area (Å²) in [5, 5.41) is 3.17. The Balaban J connectivity index is 1.79. The normalized spacial score (nSPS) is 13.2. The number of hydrogen-bond acceptors (Lipinski definition) is 2. The number of amides is 1. The molecule has 132 valence electrons. The van der Waals surface area contributed by atoms with E-state index in [1.807, 2.05) is 18.2 Å². The number of rotatable bonds is 6. The maximum atomic E-state index is 12.8. The molecule has 0 aromatic heterocycles. The Bertz CT molecular complexity index is 745. The highest BCUT2D eigenvalue weighted by molar-refractivity contribution is 5.97. The Morgan fingerprint density at radius 1 is 1.12 bits per heavy atom. The number of carbonyl (C=O) groups is 1. The van der Waals surface area contributed by atoms with Crippen molar-refractivity contribution in [3.8, 4) is 5.75 Å². The van der Waals surface area contributed by atoms with Crippen LogP contribution in [0.15, 0.2) is 42.5 Å². The lowest BCUT2D eigenvalue weighted by atomic mass is 9.75. The minimum atomic E-state index is -0.0443. The Morgan fingerprint density at radius 2 is 1.84 bits per heavy atom. The Kier molecular flexibility index (Phi) is 5.12. The van der Waals surface area contributed by atoms with Gasteiger partial charge in [0, 0.05) is 18.4 Å². The standard InChI is InChI=1S/C22H27NO2/c1-4-22(5-2,18-11-9-16(3)10-12-18)15-23-21(24)19-8-6-7-17-13-14-25-20(17)19/h6-12H,4-5,13-15H2,1-3H3,(H,23,24). The number of benzene rings is 2. The van der Waals surface area contributed by atoms with Crippen LogP contribution in [0.1, 0.15) is 53.7 Å². The molecule has 0 unspecified atom stereocenters. The molecule has 25 heavy (non-hydrogen) atoms. The fourth-order valence-corrected chi connectivity index (χ4v) is 3.66. The highest BCUT2D eigenvalue weighted by Crippen LogP contribution is 2.32. The monoisotopic (exact) mass is 337 g/mol. The lowest BCUT2D eigenvalue weighted by molar-refractivity contribution is 0.0938. The molecule has 1 aliphatic rings. The van der Waals surface area contributed by atoms with Gasteiger partial charge in [-0.2, -0.15) is 0 Å². The average molecular weight is 337 g/mol. The zero-order chi connectivity index (χ0) is 17.9. The van der Waals surface area contributed by atoms with Crippen LogP contribution < -0.4 is 10.1 Å². The van der Waals surface area contributed by atoms with Crippen LogP contribution in [0.25, 0.3) is 0 Å². The third-order valence-electron chi connectivity index (χ3n) is 5.56. The summed E-state index contributed by atoms with van der Waals surface area (Å²) in [7, 11) is 0. The van der Waals surface area contributed by atoms with Crippen molar-refractivity contribution in [2.75, 3.05) is 13.2 Å². The maximum absolute atomic E-state index is 12.8. The summed E-state index contributed by atoms with van der Waals surface area (Å²) in [6.07, 6.45) is 2.85. The smallest absolute Gasteiger partial charge is 0.255 e. The molecule has 2 aromatic carbocycles. The fourth-order valence-electron chi connectivity index (χ4n) is 3.66. The van der Waals surface area contributed by atoms with E-state index in [2.05, 4.69) is 50.4 Å². The molecule has 2 aromatic rings. The molecule has 3 nitrogen and oxygen atoms in total. The van der Waals surface area contributed by atoms with Gasteiger partial charge in [-0.25, -0.2) is 0 Å². The number of ether oxygens (including phenoxy) is 1. The van der Waals surface area contributed by atoms with Crippen molar-refractivity contribution < 1.29 is 9.53 Å². The van der Waals surface area contributed by atoms with Crippen molar-refractivity contribution in [1.82, 2.24) is 5.32 Å². The molecule has 0 radical (unpaired) electrons. The molecule has 0 spiro atoms. The number of hydrogen-bond donors (Lipinski definition) is 1. The minimum Gasteiger partial charge on any atom is -0.492 e. The predicted octanol–water partition coefficient (Wildman–Crippen LogP) is 4.42. The summed E-state index contributed by atoms with van der Waals surface area (Å²) < 4.78 is 5.67. The zero-order valence-electron chi connectivity index (χ0n) is 15.4. The van der Waals surface area contributed by atoms with E-state index >= 15 is 0 Å². The molecule has 1 aliphatic heterocycles. The molecular weight excluding hydrogens is 310 g/mol. The van der Waals surface area contributed by atoms with E-state index in [-0.39, 0.29) is 11.3 Å². The summed E-state index contributed by atoms with van der Waals surface area (Å²) in [6, 6.07) is 14.5. The van der Waals surface area contributed by atoms with Crippen molar-refractivity contribution in [2.24, 2.45) is 0 Å². The first-order valence-corrected chi connectivity index (χ1v) is 9.19. The molecule has 1 heterocycles. The quantitative estimate of drug-likeness (QED) is 0.847.